The van der Waals surface area contributed by atoms with Gasteiger partial charge in [-0.25, -0.2) is 0 Å². The number of hydrogen-bond donors (Lipinski definition) is 2. The fourth-order valence-electron chi connectivity index (χ4n) is 6.13. The molecule has 0 aromatic heterocycles. The van der Waals surface area contributed by atoms with E-state index in [1.807, 2.05) is 30.0 Å². The molecule has 1 aromatic carbocycles. The summed E-state index contributed by atoms with van der Waals surface area (Å²) in [5.74, 6) is -0.253. The lowest BCUT2D eigenvalue weighted by molar-refractivity contribution is -0.144. The molecule has 3 fully saturated rings. The van der Waals surface area contributed by atoms with E-state index in [0.29, 0.717) is 44.4 Å². The van der Waals surface area contributed by atoms with Crippen molar-refractivity contribution in [3.05, 3.63) is 29.3 Å². The van der Waals surface area contributed by atoms with Gasteiger partial charge in [0, 0.05) is 38.3 Å². The average molecular weight is 439 g/mol. The molecule has 170 valence electrons. The lowest BCUT2D eigenvalue weighted by Gasteiger charge is -2.26. The van der Waals surface area contributed by atoms with E-state index in [-0.39, 0.29) is 42.0 Å². The molecule has 4 aliphatic rings. The molecule has 4 atom stereocenters. The van der Waals surface area contributed by atoms with Gasteiger partial charge in [-0.05, 0) is 55.2 Å². The van der Waals surface area contributed by atoms with Crippen molar-refractivity contribution in [3.63, 3.8) is 0 Å². The number of rotatable bonds is 5. The second kappa shape index (κ2) is 8.22. The number of benzene rings is 1. The molecule has 2 aliphatic carbocycles. The highest BCUT2D eigenvalue weighted by molar-refractivity contribution is 6.08. The van der Waals surface area contributed by atoms with Gasteiger partial charge in [0.2, 0.25) is 23.6 Å². The third kappa shape index (κ3) is 3.55. The van der Waals surface area contributed by atoms with Crippen LogP contribution in [0.1, 0.15) is 43.7 Å². The SMILES string of the molecule is CCN1Cc2cc(CNC(=O)CN3C(=O)[C@@H]4[C@H]5CC[C@H](C5)[C@@H]4C3=O)ccc2NCCC1=O. The van der Waals surface area contributed by atoms with E-state index in [1.54, 1.807) is 0 Å². The first-order valence-electron chi connectivity index (χ1n) is 11.7. The number of imide groups is 1. The fourth-order valence-corrected chi connectivity index (χ4v) is 6.13. The number of nitrogens with zero attached hydrogens (tertiary/aromatic N) is 2. The first-order valence-corrected chi connectivity index (χ1v) is 11.7. The first-order chi connectivity index (χ1) is 15.5. The number of fused-ring (bicyclic) bond motifs is 6. The highest BCUT2D eigenvalue weighted by Gasteiger charge is 2.60. The number of nitrogens with one attached hydrogen (secondary N) is 2. The van der Waals surface area contributed by atoms with Crippen LogP contribution in [0, 0.1) is 23.7 Å². The Balaban J connectivity index is 1.21. The molecule has 2 N–H and O–H groups in total. The van der Waals surface area contributed by atoms with Crippen LogP contribution in [-0.2, 0) is 32.3 Å². The van der Waals surface area contributed by atoms with Crippen molar-refractivity contribution in [2.45, 2.75) is 45.7 Å². The van der Waals surface area contributed by atoms with Crippen molar-refractivity contribution >= 4 is 29.3 Å². The zero-order chi connectivity index (χ0) is 22.4. The van der Waals surface area contributed by atoms with Crippen LogP contribution in [0.25, 0.3) is 0 Å². The van der Waals surface area contributed by atoms with E-state index in [9.17, 15) is 19.2 Å². The van der Waals surface area contributed by atoms with Gasteiger partial charge in [-0.15, -0.1) is 0 Å². The Labute approximate surface area is 187 Å². The Bertz CT molecular complexity index is 949. The van der Waals surface area contributed by atoms with E-state index >= 15 is 0 Å². The minimum Gasteiger partial charge on any atom is -0.384 e. The standard InChI is InChI=1S/C24H30N4O4/c1-2-27-12-17-9-14(3-6-18(17)25-8-7-20(27)30)11-26-19(29)13-28-23(31)21-15-4-5-16(10-15)22(21)24(28)32/h3,6,9,15-16,21-22,25H,2,4-5,7-8,10-13H2,1H3,(H,26,29)/t15-,16+,21+,22-. The van der Waals surface area contributed by atoms with Crippen LogP contribution in [0.3, 0.4) is 0 Å². The van der Waals surface area contributed by atoms with Crippen LogP contribution in [0.2, 0.25) is 0 Å². The Morgan fingerprint density at radius 1 is 1.12 bits per heavy atom. The number of hydrogen-bond acceptors (Lipinski definition) is 5. The summed E-state index contributed by atoms with van der Waals surface area (Å²) in [7, 11) is 0. The van der Waals surface area contributed by atoms with Gasteiger partial charge in [0.1, 0.15) is 6.54 Å². The van der Waals surface area contributed by atoms with Crippen molar-refractivity contribution in [1.82, 2.24) is 15.1 Å². The Kier molecular flexibility index (Phi) is 5.39. The molecule has 2 saturated carbocycles. The zero-order valence-corrected chi connectivity index (χ0v) is 18.4. The summed E-state index contributed by atoms with van der Waals surface area (Å²) in [5.41, 5.74) is 2.93. The number of likely N-dealkylation sites (tertiary alicyclic amines) is 1. The molecule has 8 heteroatoms. The Hall–Kier alpha value is -2.90. The molecule has 1 saturated heterocycles. The molecule has 2 bridgehead atoms. The van der Waals surface area contributed by atoms with Crippen molar-refractivity contribution in [2.24, 2.45) is 23.7 Å². The van der Waals surface area contributed by atoms with Crippen LogP contribution in [0.4, 0.5) is 5.69 Å². The van der Waals surface area contributed by atoms with Crippen LogP contribution < -0.4 is 10.6 Å². The highest BCUT2D eigenvalue weighted by atomic mass is 16.2. The van der Waals surface area contributed by atoms with Gasteiger partial charge in [-0.1, -0.05) is 12.1 Å². The van der Waals surface area contributed by atoms with Gasteiger partial charge in [-0.3, -0.25) is 24.1 Å². The first kappa shape index (κ1) is 21.0. The molecule has 2 aliphatic heterocycles. The van der Waals surface area contributed by atoms with Gasteiger partial charge >= 0.3 is 0 Å². The van der Waals surface area contributed by atoms with Crippen molar-refractivity contribution in [3.8, 4) is 0 Å². The maximum atomic E-state index is 12.8. The summed E-state index contributed by atoms with van der Waals surface area (Å²) >= 11 is 0. The minimum absolute atomic E-state index is 0.127. The van der Waals surface area contributed by atoms with Crippen LogP contribution in [0.15, 0.2) is 18.2 Å². The Morgan fingerprint density at radius 3 is 2.53 bits per heavy atom. The third-order valence-electron chi connectivity index (χ3n) is 7.73. The second-order valence-electron chi connectivity index (χ2n) is 9.50. The summed E-state index contributed by atoms with van der Waals surface area (Å²) in [4.78, 5) is 53.4. The van der Waals surface area contributed by atoms with E-state index in [4.69, 9.17) is 0 Å². The number of carbonyl (C=O) groups excluding carboxylic acids is 4. The molecular formula is C24H30N4O4. The van der Waals surface area contributed by atoms with Crippen molar-refractivity contribution in [1.29, 1.82) is 0 Å². The van der Waals surface area contributed by atoms with Gasteiger partial charge in [0.15, 0.2) is 0 Å². The molecule has 0 unspecified atom stereocenters. The maximum absolute atomic E-state index is 12.8. The summed E-state index contributed by atoms with van der Waals surface area (Å²) < 4.78 is 0. The number of carbonyl (C=O) groups is 4. The monoisotopic (exact) mass is 438 g/mol. The predicted molar refractivity (Wildman–Crippen MR) is 117 cm³/mol. The lowest BCUT2D eigenvalue weighted by atomic mass is 9.81. The molecule has 8 nitrogen and oxygen atoms in total. The van der Waals surface area contributed by atoms with Gasteiger partial charge in [-0.2, -0.15) is 0 Å². The molecule has 0 radical (unpaired) electrons. The normalized spacial score (nSPS) is 28.8. The van der Waals surface area contributed by atoms with E-state index in [1.165, 1.54) is 4.90 Å². The smallest absolute Gasteiger partial charge is 0.240 e. The van der Waals surface area contributed by atoms with Crippen LogP contribution in [0.5, 0.6) is 0 Å². The summed E-state index contributed by atoms with van der Waals surface area (Å²) in [6, 6.07) is 5.92. The van der Waals surface area contributed by atoms with Crippen molar-refractivity contribution < 1.29 is 19.2 Å². The Morgan fingerprint density at radius 2 is 1.84 bits per heavy atom. The minimum atomic E-state index is -0.325. The lowest BCUT2D eigenvalue weighted by Crippen LogP contribution is -2.41. The summed E-state index contributed by atoms with van der Waals surface area (Å²) in [6.07, 6.45) is 3.52. The van der Waals surface area contributed by atoms with E-state index in [0.717, 1.165) is 36.1 Å². The number of amides is 4. The predicted octanol–water partition coefficient (Wildman–Crippen LogP) is 1.50. The van der Waals surface area contributed by atoms with E-state index in [2.05, 4.69) is 10.6 Å². The van der Waals surface area contributed by atoms with Crippen LogP contribution >= 0.6 is 0 Å². The van der Waals surface area contributed by atoms with Gasteiger partial charge in [0.05, 0.1) is 11.8 Å². The molecule has 1 aromatic rings. The van der Waals surface area contributed by atoms with Gasteiger partial charge in [0.25, 0.3) is 0 Å². The topological polar surface area (TPSA) is 98.8 Å². The number of anilines is 1. The summed E-state index contributed by atoms with van der Waals surface area (Å²) in [6.45, 7) is 3.86. The average Bonchev–Trinajstić information content (AvgIpc) is 3.46. The van der Waals surface area contributed by atoms with Gasteiger partial charge < -0.3 is 15.5 Å². The summed E-state index contributed by atoms with van der Waals surface area (Å²) in [5, 5.41) is 6.16. The van der Waals surface area contributed by atoms with E-state index < -0.39 is 0 Å². The molecule has 0 spiro atoms. The second-order valence-corrected chi connectivity index (χ2v) is 9.50. The highest BCUT2D eigenvalue weighted by Crippen LogP contribution is 2.56. The quantitative estimate of drug-likeness (QED) is 0.679. The maximum Gasteiger partial charge on any atom is 0.240 e. The van der Waals surface area contributed by atoms with Crippen LogP contribution in [-0.4, -0.2) is 53.1 Å². The largest absolute Gasteiger partial charge is 0.384 e. The fraction of sp³-hybridized carbons (Fsp3) is 0.583. The molecular weight excluding hydrogens is 408 g/mol. The van der Waals surface area contributed by atoms with Crippen molar-refractivity contribution in [2.75, 3.05) is 25.0 Å². The molecule has 4 amide bonds. The third-order valence-corrected chi connectivity index (χ3v) is 7.73. The zero-order valence-electron chi connectivity index (χ0n) is 18.4. The molecule has 32 heavy (non-hydrogen) atoms. The molecule has 2 heterocycles. The molecule has 5 rings (SSSR count).